The summed E-state index contributed by atoms with van der Waals surface area (Å²) in [7, 11) is 0. The van der Waals surface area contributed by atoms with Crippen molar-refractivity contribution in [1.29, 1.82) is 0 Å². The maximum absolute atomic E-state index is 12.3. The summed E-state index contributed by atoms with van der Waals surface area (Å²) in [5.74, 6) is -0.163. The van der Waals surface area contributed by atoms with Gasteiger partial charge in [-0.15, -0.1) is 5.10 Å². The normalized spacial score (nSPS) is 10.3. The molecule has 1 heterocycles. The third-order valence-corrected chi connectivity index (χ3v) is 3.00. The van der Waals surface area contributed by atoms with E-state index in [0.717, 1.165) is 23.6 Å². The average molecular weight is 262 g/mol. The van der Waals surface area contributed by atoms with Crippen molar-refractivity contribution in [3.8, 4) is 0 Å². The lowest BCUT2D eigenvalue weighted by atomic mass is 10.2. The van der Waals surface area contributed by atoms with Crippen LogP contribution in [-0.2, 0) is 0 Å². The molecule has 0 bridgehead atoms. The van der Waals surface area contributed by atoms with Gasteiger partial charge in [0.1, 0.15) is 0 Å². The highest BCUT2D eigenvalue weighted by Crippen LogP contribution is 2.24. The van der Waals surface area contributed by atoms with Crippen molar-refractivity contribution in [2.75, 3.05) is 17.2 Å². The van der Waals surface area contributed by atoms with Crippen LogP contribution in [-0.4, -0.2) is 22.0 Å². The zero-order valence-corrected chi connectivity index (χ0v) is 10.9. The molecule has 2 rings (SSSR count). The third-order valence-electron chi connectivity index (χ3n) is 2.50. The summed E-state index contributed by atoms with van der Waals surface area (Å²) in [6, 6.07) is 7.33. The number of carbonyl (C=O) groups excluding carboxylic acids is 1. The van der Waals surface area contributed by atoms with Gasteiger partial charge in [0, 0.05) is 11.9 Å². The van der Waals surface area contributed by atoms with Gasteiger partial charge in [-0.05, 0) is 30.1 Å². The Labute approximate surface area is 109 Å². The molecule has 1 amide bonds. The number of nitrogen functional groups attached to an aromatic ring is 1. The number of rotatable bonds is 4. The molecule has 6 heteroatoms. The van der Waals surface area contributed by atoms with E-state index in [0.29, 0.717) is 17.9 Å². The summed E-state index contributed by atoms with van der Waals surface area (Å²) in [4.78, 5) is 14.0. The second-order valence-corrected chi connectivity index (χ2v) is 4.42. The van der Waals surface area contributed by atoms with Crippen LogP contribution >= 0.6 is 11.5 Å². The summed E-state index contributed by atoms with van der Waals surface area (Å²) in [5.41, 5.74) is 7.58. The fourth-order valence-corrected chi connectivity index (χ4v) is 2.11. The van der Waals surface area contributed by atoms with Crippen molar-refractivity contribution in [2.45, 2.75) is 13.3 Å². The summed E-state index contributed by atoms with van der Waals surface area (Å²) in [6.07, 6.45) is 0.845. The van der Waals surface area contributed by atoms with Crippen LogP contribution in [0.25, 0.3) is 0 Å². The minimum atomic E-state index is -0.163. The quantitative estimate of drug-likeness (QED) is 0.857. The van der Waals surface area contributed by atoms with Gasteiger partial charge >= 0.3 is 0 Å². The van der Waals surface area contributed by atoms with Crippen molar-refractivity contribution in [1.82, 2.24) is 9.59 Å². The van der Waals surface area contributed by atoms with E-state index in [9.17, 15) is 4.79 Å². The van der Waals surface area contributed by atoms with E-state index in [-0.39, 0.29) is 5.91 Å². The average Bonchev–Trinajstić information content (AvgIpc) is 2.90. The fourth-order valence-electron chi connectivity index (χ4n) is 1.68. The Bertz CT molecular complexity index is 527. The summed E-state index contributed by atoms with van der Waals surface area (Å²) < 4.78 is 3.71. The zero-order chi connectivity index (χ0) is 13.0. The van der Waals surface area contributed by atoms with Crippen molar-refractivity contribution >= 4 is 28.8 Å². The summed E-state index contributed by atoms with van der Waals surface area (Å²) in [5, 5.41) is 5.45. The Balaban J connectivity index is 2.34. The first kappa shape index (κ1) is 12.5. The number of anilines is 2. The van der Waals surface area contributed by atoms with Gasteiger partial charge < -0.3 is 10.6 Å². The van der Waals surface area contributed by atoms with Crippen LogP contribution in [0.1, 0.15) is 23.8 Å². The van der Waals surface area contributed by atoms with Crippen molar-refractivity contribution < 1.29 is 4.79 Å². The molecule has 0 aliphatic heterocycles. The first-order valence-corrected chi connectivity index (χ1v) is 6.51. The van der Waals surface area contributed by atoms with Gasteiger partial charge in [-0.1, -0.05) is 23.5 Å². The number of amides is 1. The topological polar surface area (TPSA) is 72.1 Å². The molecule has 0 fully saturated rings. The number of carbonyl (C=O) groups is 1. The van der Waals surface area contributed by atoms with Crippen molar-refractivity contribution in [3.63, 3.8) is 0 Å². The molecule has 0 unspecified atom stereocenters. The minimum Gasteiger partial charge on any atom is -0.397 e. The molecule has 1 aromatic carbocycles. The monoisotopic (exact) mass is 262 g/mol. The van der Waals surface area contributed by atoms with Gasteiger partial charge in [0.25, 0.3) is 5.91 Å². The van der Waals surface area contributed by atoms with Gasteiger partial charge in [0.05, 0.1) is 11.4 Å². The molecule has 0 aliphatic carbocycles. The lowest BCUT2D eigenvalue weighted by Crippen LogP contribution is -2.32. The lowest BCUT2D eigenvalue weighted by molar-refractivity contribution is 0.0982. The maximum atomic E-state index is 12.3. The number of nitrogens with zero attached hydrogens (tertiary/aromatic N) is 3. The molecule has 0 saturated carbocycles. The van der Waals surface area contributed by atoms with E-state index in [1.165, 1.54) is 0 Å². The van der Waals surface area contributed by atoms with Gasteiger partial charge in [0.2, 0.25) is 0 Å². The van der Waals surface area contributed by atoms with Crippen LogP contribution in [0.2, 0.25) is 0 Å². The molecule has 0 aliphatic rings. The maximum Gasteiger partial charge on any atom is 0.279 e. The SMILES string of the molecule is CCCN(C(=O)c1csnn1)c1ccccc1N. The Hall–Kier alpha value is -1.95. The van der Waals surface area contributed by atoms with Crippen LogP contribution in [0, 0.1) is 0 Å². The molecule has 0 spiro atoms. The molecule has 2 aromatic rings. The van der Waals surface area contributed by atoms with E-state index < -0.39 is 0 Å². The molecular formula is C12H14N4OS. The molecule has 0 saturated heterocycles. The number of nitrogens with two attached hydrogens (primary N) is 1. The van der Waals surface area contributed by atoms with Crippen molar-refractivity contribution in [2.24, 2.45) is 0 Å². The molecule has 0 atom stereocenters. The zero-order valence-electron chi connectivity index (χ0n) is 10.0. The van der Waals surface area contributed by atoms with Crippen LogP contribution in [0.15, 0.2) is 29.6 Å². The first-order chi connectivity index (χ1) is 8.74. The number of para-hydroxylation sites is 2. The van der Waals surface area contributed by atoms with Crippen LogP contribution < -0.4 is 10.6 Å². The number of hydrogen-bond donors (Lipinski definition) is 1. The van der Waals surface area contributed by atoms with E-state index in [4.69, 9.17) is 5.73 Å². The second kappa shape index (κ2) is 5.59. The second-order valence-electron chi connectivity index (χ2n) is 3.81. The molecular weight excluding hydrogens is 248 g/mol. The molecule has 5 nitrogen and oxygen atoms in total. The molecule has 18 heavy (non-hydrogen) atoms. The number of benzene rings is 1. The first-order valence-electron chi connectivity index (χ1n) is 5.67. The Morgan fingerprint density at radius 3 is 2.83 bits per heavy atom. The lowest BCUT2D eigenvalue weighted by Gasteiger charge is -2.22. The highest BCUT2D eigenvalue weighted by molar-refractivity contribution is 7.03. The van der Waals surface area contributed by atoms with Gasteiger partial charge in [-0.25, -0.2) is 0 Å². The Kier molecular flexibility index (Phi) is 3.88. The van der Waals surface area contributed by atoms with Gasteiger partial charge in [-0.3, -0.25) is 4.79 Å². The Morgan fingerprint density at radius 1 is 1.44 bits per heavy atom. The third kappa shape index (κ3) is 2.48. The van der Waals surface area contributed by atoms with E-state index in [2.05, 4.69) is 9.59 Å². The van der Waals surface area contributed by atoms with Crippen LogP contribution in [0.3, 0.4) is 0 Å². The van der Waals surface area contributed by atoms with E-state index in [1.54, 1.807) is 16.3 Å². The fraction of sp³-hybridized carbons (Fsp3) is 0.250. The molecule has 0 radical (unpaired) electrons. The number of hydrogen-bond acceptors (Lipinski definition) is 5. The van der Waals surface area contributed by atoms with Crippen LogP contribution in [0.4, 0.5) is 11.4 Å². The van der Waals surface area contributed by atoms with Gasteiger partial charge in [0.15, 0.2) is 5.69 Å². The number of aromatic nitrogens is 2. The smallest absolute Gasteiger partial charge is 0.279 e. The largest absolute Gasteiger partial charge is 0.397 e. The molecule has 1 aromatic heterocycles. The minimum absolute atomic E-state index is 0.163. The van der Waals surface area contributed by atoms with Gasteiger partial charge in [-0.2, -0.15) is 0 Å². The van der Waals surface area contributed by atoms with E-state index >= 15 is 0 Å². The Morgan fingerprint density at radius 2 is 2.22 bits per heavy atom. The molecule has 2 N–H and O–H groups in total. The van der Waals surface area contributed by atoms with Crippen molar-refractivity contribution in [3.05, 3.63) is 35.3 Å². The highest BCUT2D eigenvalue weighted by atomic mass is 32.1. The summed E-state index contributed by atoms with van der Waals surface area (Å²) >= 11 is 1.16. The highest BCUT2D eigenvalue weighted by Gasteiger charge is 2.20. The predicted molar refractivity (Wildman–Crippen MR) is 72.7 cm³/mol. The predicted octanol–water partition coefficient (Wildman–Crippen LogP) is 2.18. The standard InChI is InChI=1S/C12H14N4OS/c1-2-7-16(11-6-4-3-5-9(11)13)12(17)10-8-18-15-14-10/h3-6,8H,2,7,13H2,1H3. The van der Waals surface area contributed by atoms with E-state index in [1.807, 2.05) is 25.1 Å². The van der Waals surface area contributed by atoms with Crippen LogP contribution in [0.5, 0.6) is 0 Å². The molecule has 94 valence electrons. The summed E-state index contributed by atoms with van der Waals surface area (Å²) in [6.45, 7) is 2.61.